The summed E-state index contributed by atoms with van der Waals surface area (Å²) in [6.07, 6.45) is 2.06. The Hall–Kier alpha value is -1.82. The van der Waals surface area contributed by atoms with Gasteiger partial charge in [0.05, 0.1) is 11.4 Å². The van der Waals surface area contributed by atoms with E-state index in [2.05, 4.69) is 32.1 Å². The van der Waals surface area contributed by atoms with Crippen molar-refractivity contribution >= 4 is 28.0 Å². The van der Waals surface area contributed by atoms with Gasteiger partial charge in [0.25, 0.3) is 0 Å². The van der Waals surface area contributed by atoms with Crippen molar-refractivity contribution in [3.05, 3.63) is 30.1 Å². The molecule has 6 heteroatoms. The Bertz CT molecular complexity index is 589. The van der Waals surface area contributed by atoms with Crippen molar-refractivity contribution in [1.82, 2.24) is 9.36 Å². The van der Waals surface area contributed by atoms with Gasteiger partial charge < -0.3 is 15.5 Å². The number of aryl methyl sites for hydroxylation is 1. The van der Waals surface area contributed by atoms with Crippen molar-refractivity contribution in [2.45, 2.75) is 19.8 Å². The second-order valence-corrected chi connectivity index (χ2v) is 6.01. The summed E-state index contributed by atoms with van der Waals surface area (Å²) in [4.78, 5) is 9.30. The van der Waals surface area contributed by atoms with Gasteiger partial charge in [-0.15, -0.1) is 0 Å². The maximum Gasteiger partial charge on any atom is 0.205 e. The number of rotatable bonds is 4. The number of benzene rings is 1. The van der Waals surface area contributed by atoms with Gasteiger partial charge in [-0.3, -0.25) is 0 Å². The predicted molar refractivity (Wildman–Crippen MR) is 89.2 cm³/mol. The molecule has 21 heavy (non-hydrogen) atoms. The lowest BCUT2D eigenvalue weighted by atomic mass is 10.2. The first kappa shape index (κ1) is 14.1. The van der Waals surface area contributed by atoms with E-state index in [0.29, 0.717) is 0 Å². The van der Waals surface area contributed by atoms with E-state index in [0.717, 1.165) is 61.4 Å². The molecule has 2 N–H and O–H groups in total. The maximum absolute atomic E-state index is 6.06. The number of piperazine rings is 1. The minimum Gasteiger partial charge on any atom is -0.397 e. The quantitative estimate of drug-likeness (QED) is 0.879. The van der Waals surface area contributed by atoms with Crippen molar-refractivity contribution in [2.24, 2.45) is 0 Å². The molecule has 2 aromatic rings. The van der Waals surface area contributed by atoms with E-state index >= 15 is 0 Å². The number of hydrogen-bond acceptors (Lipinski definition) is 6. The van der Waals surface area contributed by atoms with Gasteiger partial charge in [0.2, 0.25) is 5.13 Å². The van der Waals surface area contributed by atoms with Crippen LogP contribution in [0.1, 0.15) is 19.2 Å². The first-order valence-electron chi connectivity index (χ1n) is 7.45. The van der Waals surface area contributed by atoms with Crippen LogP contribution in [0.25, 0.3) is 0 Å². The van der Waals surface area contributed by atoms with Crippen LogP contribution in [-0.2, 0) is 6.42 Å². The van der Waals surface area contributed by atoms with Crippen LogP contribution in [0.5, 0.6) is 0 Å². The minimum absolute atomic E-state index is 0.854. The Morgan fingerprint density at radius 2 is 1.86 bits per heavy atom. The molecule has 0 aliphatic carbocycles. The van der Waals surface area contributed by atoms with Crippen LogP contribution in [0.2, 0.25) is 0 Å². The Morgan fingerprint density at radius 3 is 2.57 bits per heavy atom. The molecule has 0 bridgehead atoms. The molecule has 112 valence electrons. The van der Waals surface area contributed by atoms with Gasteiger partial charge in [-0.2, -0.15) is 4.37 Å². The zero-order chi connectivity index (χ0) is 14.7. The molecule has 0 amide bonds. The molecular formula is C15H21N5S. The number of anilines is 3. The van der Waals surface area contributed by atoms with E-state index in [9.17, 15) is 0 Å². The second-order valence-electron chi connectivity index (χ2n) is 5.28. The van der Waals surface area contributed by atoms with Crippen molar-refractivity contribution in [1.29, 1.82) is 0 Å². The van der Waals surface area contributed by atoms with Gasteiger partial charge in [0, 0.05) is 44.1 Å². The summed E-state index contributed by atoms with van der Waals surface area (Å²) in [5, 5.41) is 1.05. The van der Waals surface area contributed by atoms with Gasteiger partial charge in [-0.1, -0.05) is 19.1 Å². The van der Waals surface area contributed by atoms with Crippen molar-refractivity contribution in [2.75, 3.05) is 41.7 Å². The monoisotopic (exact) mass is 303 g/mol. The van der Waals surface area contributed by atoms with Gasteiger partial charge in [-0.25, -0.2) is 4.98 Å². The normalized spacial score (nSPS) is 15.5. The largest absolute Gasteiger partial charge is 0.397 e. The smallest absolute Gasteiger partial charge is 0.205 e. The van der Waals surface area contributed by atoms with E-state index in [1.54, 1.807) is 0 Å². The topological polar surface area (TPSA) is 58.3 Å². The van der Waals surface area contributed by atoms with Crippen LogP contribution in [0.15, 0.2) is 24.3 Å². The molecular weight excluding hydrogens is 282 g/mol. The summed E-state index contributed by atoms with van der Waals surface area (Å²) in [6, 6.07) is 8.07. The highest BCUT2D eigenvalue weighted by molar-refractivity contribution is 7.09. The van der Waals surface area contributed by atoms with E-state index in [4.69, 9.17) is 5.73 Å². The molecule has 1 aliphatic rings. The Kier molecular flexibility index (Phi) is 4.24. The molecule has 0 radical (unpaired) electrons. The molecule has 2 heterocycles. The third kappa shape index (κ3) is 3.10. The molecule has 3 rings (SSSR count). The number of nitrogen functional groups attached to an aromatic ring is 1. The molecule has 1 aromatic carbocycles. The van der Waals surface area contributed by atoms with Gasteiger partial charge in [0.1, 0.15) is 5.82 Å². The number of para-hydroxylation sites is 2. The highest BCUT2D eigenvalue weighted by Crippen LogP contribution is 2.25. The molecule has 1 fully saturated rings. The van der Waals surface area contributed by atoms with E-state index < -0.39 is 0 Å². The molecule has 0 atom stereocenters. The molecule has 5 nitrogen and oxygen atoms in total. The second kappa shape index (κ2) is 6.30. The summed E-state index contributed by atoms with van der Waals surface area (Å²) in [5.41, 5.74) is 8.05. The van der Waals surface area contributed by atoms with Crippen LogP contribution in [0, 0.1) is 0 Å². The molecule has 0 unspecified atom stereocenters. The number of hydrogen-bond donors (Lipinski definition) is 1. The van der Waals surface area contributed by atoms with Gasteiger partial charge >= 0.3 is 0 Å². The predicted octanol–water partition coefficient (Wildman–Crippen LogP) is 2.40. The van der Waals surface area contributed by atoms with E-state index in [-0.39, 0.29) is 0 Å². The SMILES string of the molecule is CCCc1nsc(N2CCN(c3ccccc3N)CC2)n1. The van der Waals surface area contributed by atoms with Crippen LogP contribution in [0.3, 0.4) is 0 Å². The Balaban J connectivity index is 1.63. The third-order valence-electron chi connectivity index (χ3n) is 3.76. The molecule has 1 aliphatic heterocycles. The zero-order valence-electron chi connectivity index (χ0n) is 12.3. The van der Waals surface area contributed by atoms with Crippen molar-refractivity contribution < 1.29 is 0 Å². The van der Waals surface area contributed by atoms with Gasteiger partial charge in [-0.05, 0) is 18.6 Å². The molecule has 0 saturated carbocycles. The lowest BCUT2D eigenvalue weighted by Gasteiger charge is -2.36. The van der Waals surface area contributed by atoms with Crippen LogP contribution in [0.4, 0.5) is 16.5 Å². The lowest BCUT2D eigenvalue weighted by molar-refractivity contribution is 0.651. The highest BCUT2D eigenvalue weighted by Gasteiger charge is 2.21. The summed E-state index contributed by atoms with van der Waals surface area (Å²) in [7, 11) is 0. The van der Waals surface area contributed by atoms with Crippen molar-refractivity contribution in [3.63, 3.8) is 0 Å². The molecule has 0 spiro atoms. The summed E-state index contributed by atoms with van der Waals surface area (Å²) in [5.74, 6) is 0.979. The van der Waals surface area contributed by atoms with Crippen molar-refractivity contribution in [3.8, 4) is 0 Å². The average molecular weight is 303 g/mol. The average Bonchev–Trinajstić information content (AvgIpc) is 2.97. The van der Waals surface area contributed by atoms with E-state index in [1.165, 1.54) is 11.5 Å². The minimum atomic E-state index is 0.854. The lowest BCUT2D eigenvalue weighted by Crippen LogP contribution is -2.46. The fourth-order valence-corrected chi connectivity index (χ4v) is 3.38. The number of nitrogens with zero attached hydrogens (tertiary/aromatic N) is 4. The van der Waals surface area contributed by atoms with Crippen LogP contribution in [-0.4, -0.2) is 35.5 Å². The maximum atomic E-state index is 6.06. The van der Waals surface area contributed by atoms with E-state index in [1.807, 2.05) is 18.2 Å². The summed E-state index contributed by atoms with van der Waals surface area (Å²) >= 11 is 1.52. The summed E-state index contributed by atoms with van der Waals surface area (Å²) in [6.45, 7) is 6.03. The first-order valence-corrected chi connectivity index (χ1v) is 8.22. The summed E-state index contributed by atoms with van der Waals surface area (Å²) < 4.78 is 4.43. The Labute approximate surface area is 129 Å². The fraction of sp³-hybridized carbons (Fsp3) is 0.467. The van der Waals surface area contributed by atoms with Gasteiger partial charge in [0.15, 0.2) is 0 Å². The number of nitrogens with two attached hydrogens (primary N) is 1. The standard InChI is InChI=1S/C15H21N5S/c1-2-5-14-17-15(21-18-14)20-10-8-19(9-11-20)13-7-4-3-6-12(13)16/h3-4,6-7H,2,5,8-11,16H2,1H3. The molecule has 1 saturated heterocycles. The third-order valence-corrected chi connectivity index (χ3v) is 4.57. The van der Waals surface area contributed by atoms with Crippen LogP contribution < -0.4 is 15.5 Å². The first-order chi connectivity index (χ1) is 10.3. The zero-order valence-corrected chi connectivity index (χ0v) is 13.1. The van der Waals surface area contributed by atoms with Crippen LogP contribution >= 0.6 is 11.5 Å². The Morgan fingerprint density at radius 1 is 1.14 bits per heavy atom. The molecule has 1 aromatic heterocycles. The fourth-order valence-electron chi connectivity index (χ4n) is 2.61. The highest BCUT2D eigenvalue weighted by atomic mass is 32.1. The number of aromatic nitrogens is 2.